The molecule has 0 radical (unpaired) electrons. The Morgan fingerprint density at radius 1 is 1.45 bits per heavy atom. The van der Waals surface area contributed by atoms with Crippen LogP contribution in [0.3, 0.4) is 0 Å². The fourth-order valence-electron chi connectivity index (χ4n) is 2.40. The molecule has 1 aliphatic rings. The van der Waals surface area contributed by atoms with E-state index in [2.05, 4.69) is 19.9 Å². The molecule has 0 saturated heterocycles. The van der Waals surface area contributed by atoms with Gasteiger partial charge in [-0.25, -0.2) is 9.97 Å². The van der Waals surface area contributed by atoms with Gasteiger partial charge >= 0.3 is 0 Å². The van der Waals surface area contributed by atoms with Gasteiger partial charge in [-0.1, -0.05) is 0 Å². The van der Waals surface area contributed by atoms with Crippen molar-refractivity contribution in [2.45, 2.75) is 31.4 Å². The molecular formula is C13H18N6O. The number of imidazole rings is 1. The molecule has 4 N–H and O–H groups in total. The summed E-state index contributed by atoms with van der Waals surface area (Å²) < 4.78 is 0. The molecule has 106 valence electrons. The zero-order valence-electron chi connectivity index (χ0n) is 11.3. The Balaban J connectivity index is 1.78. The van der Waals surface area contributed by atoms with E-state index in [1.54, 1.807) is 12.4 Å². The molecule has 0 spiro atoms. The van der Waals surface area contributed by atoms with Gasteiger partial charge < -0.3 is 20.7 Å². The van der Waals surface area contributed by atoms with E-state index in [4.69, 9.17) is 5.73 Å². The fraction of sp³-hybridized carbons (Fsp3) is 0.462. The van der Waals surface area contributed by atoms with E-state index in [9.17, 15) is 5.11 Å². The van der Waals surface area contributed by atoms with Crippen LogP contribution in [0.1, 0.15) is 30.3 Å². The maximum atomic E-state index is 9.40. The van der Waals surface area contributed by atoms with E-state index in [0.717, 1.165) is 30.2 Å². The van der Waals surface area contributed by atoms with Gasteiger partial charge in [-0.05, 0) is 12.8 Å². The number of nitrogens with two attached hydrogens (primary N) is 1. The van der Waals surface area contributed by atoms with Gasteiger partial charge in [0.05, 0.1) is 18.3 Å². The average molecular weight is 274 g/mol. The van der Waals surface area contributed by atoms with Crippen LogP contribution in [0.2, 0.25) is 0 Å². The number of H-pyrrole nitrogens is 1. The number of nitrogens with one attached hydrogen (secondary N) is 1. The molecule has 0 aliphatic heterocycles. The van der Waals surface area contributed by atoms with E-state index in [1.807, 2.05) is 18.0 Å². The molecule has 0 atom stereocenters. The largest absolute Gasteiger partial charge is 0.393 e. The third-order valence-electron chi connectivity index (χ3n) is 3.61. The number of nitrogen functional groups attached to an aromatic ring is 1. The molecule has 1 aliphatic carbocycles. The summed E-state index contributed by atoms with van der Waals surface area (Å²) >= 11 is 0. The van der Waals surface area contributed by atoms with Gasteiger partial charge in [-0.2, -0.15) is 4.98 Å². The number of hydrogen-bond acceptors (Lipinski definition) is 6. The first-order valence-electron chi connectivity index (χ1n) is 6.63. The van der Waals surface area contributed by atoms with Crippen LogP contribution in [-0.2, 0) is 6.54 Å². The zero-order valence-corrected chi connectivity index (χ0v) is 11.3. The lowest BCUT2D eigenvalue weighted by molar-refractivity contribution is 0.0732. The summed E-state index contributed by atoms with van der Waals surface area (Å²) in [7, 11) is 1.93. The van der Waals surface area contributed by atoms with Crippen molar-refractivity contribution in [1.29, 1.82) is 0 Å². The van der Waals surface area contributed by atoms with Crippen molar-refractivity contribution in [3.8, 4) is 0 Å². The van der Waals surface area contributed by atoms with E-state index in [-0.39, 0.29) is 18.0 Å². The first-order valence-corrected chi connectivity index (χ1v) is 6.63. The average Bonchev–Trinajstić information content (AvgIpc) is 2.87. The van der Waals surface area contributed by atoms with E-state index in [0.29, 0.717) is 6.54 Å². The summed E-state index contributed by atoms with van der Waals surface area (Å²) in [4.78, 5) is 17.8. The number of aromatic nitrogens is 4. The molecule has 2 aromatic heterocycles. The number of rotatable bonds is 4. The Hall–Kier alpha value is -2.15. The summed E-state index contributed by atoms with van der Waals surface area (Å²) in [6.07, 6.45) is 4.80. The van der Waals surface area contributed by atoms with Crippen molar-refractivity contribution >= 4 is 11.8 Å². The highest BCUT2D eigenvalue weighted by Crippen LogP contribution is 2.36. The molecule has 3 rings (SSSR count). The Morgan fingerprint density at radius 3 is 2.90 bits per heavy atom. The highest BCUT2D eigenvalue weighted by atomic mass is 16.3. The molecule has 20 heavy (non-hydrogen) atoms. The van der Waals surface area contributed by atoms with Gasteiger partial charge in [-0.15, -0.1) is 0 Å². The third kappa shape index (κ3) is 2.57. The van der Waals surface area contributed by atoms with Gasteiger partial charge in [0.2, 0.25) is 5.95 Å². The summed E-state index contributed by atoms with van der Waals surface area (Å²) in [5, 5.41) is 9.40. The lowest BCUT2D eigenvalue weighted by Crippen LogP contribution is -2.28. The van der Waals surface area contributed by atoms with E-state index in [1.165, 1.54) is 0 Å². The Morgan fingerprint density at radius 2 is 2.25 bits per heavy atom. The highest BCUT2D eigenvalue weighted by Gasteiger charge is 2.30. The van der Waals surface area contributed by atoms with Crippen molar-refractivity contribution < 1.29 is 5.11 Å². The number of aliphatic hydroxyl groups is 1. The molecule has 1 fully saturated rings. The quantitative estimate of drug-likeness (QED) is 0.756. The molecule has 0 amide bonds. The monoisotopic (exact) mass is 274 g/mol. The van der Waals surface area contributed by atoms with Crippen LogP contribution in [0.25, 0.3) is 0 Å². The summed E-state index contributed by atoms with van der Waals surface area (Å²) in [5.74, 6) is 2.19. The van der Waals surface area contributed by atoms with Crippen LogP contribution in [0.15, 0.2) is 18.5 Å². The predicted octanol–water partition coefficient (Wildman–Crippen LogP) is 0.657. The van der Waals surface area contributed by atoms with E-state index >= 15 is 0 Å². The number of aromatic amines is 1. The fourth-order valence-corrected chi connectivity index (χ4v) is 2.40. The molecule has 0 bridgehead atoms. The van der Waals surface area contributed by atoms with Crippen molar-refractivity contribution in [2.75, 3.05) is 17.7 Å². The molecule has 2 heterocycles. The van der Waals surface area contributed by atoms with Crippen LogP contribution >= 0.6 is 0 Å². The number of aliphatic hydroxyl groups excluding tert-OH is 1. The second-order valence-corrected chi connectivity index (χ2v) is 5.22. The Bertz CT molecular complexity index is 579. The highest BCUT2D eigenvalue weighted by molar-refractivity contribution is 5.44. The maximum absolute atomic E-state index is 9.40. The van der Waals surface area contributed by atoms with Crippen molar-refractivity contribution in [2.24, 2.45) is 0 Å². The van der Waals surface area contributed by atoms with Crippen LogP contribution in [0.4, 0.5) is 11.8 Å². The van der Waals surface area contributed by atoms with E-state index < -0.39 is 0 Å². The molecule has 7 nitrogen and oxygen atoms in total. The molecule has 2 aromatic rings. The van der Waals surface area contributed by atoms with Crippen molar-refractivity contribution in [1.82, 2.24) is 19.9 Å². The Kier molecular flexibility index (Phi) is 3.27. The minimum absolute atomic E-state index is 0.208. The smallest absolute Gasteiger partial charge is 0.222 e. The van der Waals surface area contributed by atoms with Crippen LogP contribution in [0.5, 0.6) is 0 Å². The zero-order chi connectivity index (χ0) is 14.1. The summed E-state index contributed by atoms with van der Waals surface area (Å²) in [6, 6.07) is 1.94. The SMILES string of the molecule is CN(Cc1ncc[nH]1)c1cc(C2CC(O)C2)nc(N)n1. The van der Waals surface area contributed by atoms with Crippen molar-refractivity contribution in [3.63, 3.8) is 0 Å². The number of nitrogens with zero attached hydrogens (tertiary/aromatic N) is 4. The second kappa shape index (κ2) is 5.09. The van der Waals surface area contributed by atoms with Crippen molar-refractivity contribution in [3.05, 3.63) is 30.0 Å². The minimum Gasteiger partial charge on any atom is -0.393 e. The van der Waals surface area contributed by atoms with Gasteiger partial charge in [0.25, 0.3) is 0 Å². The minimum atomic E-state index is -0.208. The predicted molar refractivity (Wildman–Crippen MR) is 75.1 cm³/mol. The second-order valence-electron chi connectivity index (χ2n) is 5.22. The van der Waals surface area contributed by atoms with Gasteiger partial charge in [-0.3, -0.25) is 0 Å². The number of hydrogen-bond donors (Lipinski definition) is 3. The lowest BCUT2D eigenvalue weighted by atomic mass is 9.80. The Labute approximate surface area is 116 Å². The van der Waals surface area contributed by atoms with Gasteiger partial charge in [0, 0.05) is 31.4 Å². The van der Waals surface area contributed by atoms with Crippen LogP contribution in [0, 0.1) is 0 Å². The van der Waals surface area contributed by atoms with Gasteiger partial charge in [0.15, 0.2) is 0 Å². The summed E-state index contributed by atoms with van der Waals surface area (Å²) in [5.41, 5.74) is 6.69. The molecule has 0 unspecified atom stereocenters. The molecular weight excluding hydrogens is 256 g/mol. The van der Waals surface area contributed by atoms with Crippen LogP contribution in [-0.4, -0.2) is 38.2 Å². The topological polar surface area (TPSA) is 104 Å². The summed E-state index contributed by atoms with van der Waals surface area (Å²) in [6.45, 7) is 0.621. The van der Waals surface area contributed by atoms with Gasteiger partial charge in [0.1, 0.15) is 11.6 Å². The molecule has 1 saturated carbocycles. The first kappa shape index (κ1) is 12.9. The normalized spacial score (nSPS) is 21.5. The standard InChI is InChI=1S/C13H18N6O/c1-19(7-11-15-2-3-16-11)12-6-10(17-13(14)18-12)8-4-9(20)5-8/h2-3,6,8-9,20H,4-5,7H2,1H3,(H,15,16)(H2,14,17,18). The third-order valence-corrected chi connectivity index (χ3v) is 3.61. The first-order chi connectivity index (χ1) is 9.61. The molecule has 7 heteroatoms. The maximum Gasteiger partial charge on any atom is 0.222 e. The lowest BCUT2D eigenvalue weighted by Gasteiger charge is -2.31. The molecule has 0 aromatic carbocycles. The van der Waals surface area contributed by atoms with Crippen LogP contribution < -0.4 is 10.6 Å². The number of anilines is 2.